The summed E-state index contributed by atoms with van der Waals surface area (Å²) >= 11 is 0. The molecule has 0 saturated heterocycles. The standard InChI is InChI=1S/C8H11N.2C2H6/c1-2-5-8-6-3-4-7-9-8;2*1-2/h3-4,6-7H,2,5H2,1H3;2*1-2H3. The summed E-state index contributed by atoms with van der Waals surface area (Å²) in [7, 11) is 0. The summed E-state index contributed by atoms with van der Waals surface area (Å²) in [5.74, 6) is 0. The second-order valence-corrected chi connectivity index (χ2v) is 2.07. The zero-order valence-corrected chi connectivity index (χ0v) is 9.67. The summed E-state index contributed by atoms with van der Waals surface area (Å²) in [4.78, 5) is 4.17. The Morgan fingerprint density at radius 1 is 1.08 bits per heavy atom. The monoisotopic (exact) mass is 181 g/mol. The molecule has 0 aromatic carbocycles. The van der Waals surface area contributed by atoms with Crippen molar-refractivity contribution in [2.75, 3.05) is 0 Å². The lowest BCUT2D eigenvalue weighted by atomic mass is 10.2. The Bertz CT molecular complexity index is 158. The quantitative estimate of drug-likeness (QED) is 0.669. The van der Waals surface area contributed by atoms with Crippen molar-refractivity contribution in [1.82, 2.24) is 4.98 Å². The van der Waals surface area contributed by atoms with Gasteiger partial charge in [-0.1, -0.05) is 47.1 Å². The van der Waals surface area contributed by atoms with Crippen LogP contribution in [0, 0.1) is 0 Å². The molecule has 1 heterocycles. The largest absolute Gasteiger partial charge is 0.261 e. The first kappa shape index (κ1) is 14.7. The number of pyridine rings is 1. The van der Waals surface area contributed by atoms with Gasteiger partial charge in [-0.05, 0) is 18.6 Å². The van der Waals surface area contributed by atoms with Crippen LogP contribution in [0.3, 0.4) is 0 Å². The summed E-state index contributed by atoms with van der Waals surface area (Å²) in [6, 6.07) is 6.03. The third-order valence-electron chi connectivity index (χ3n) is 1.23. The number of nitrogens with zero attached hydrogens (tertiary/aromatic N) is 1. The molecule has 1 rings (SSSR count). The first-order valence-corrected chi connectivity index (χ1v) is 5.33. The van der Waals surface area contributed by atoms with Gasteiger partial charge in [0.15, 0.2) is 0 Å². The maximum absolute atomic E-state index is 4.17. The molecule has 0 spiro atoms. The maximum atomic E-state index is 4.17. The van der Waals surface area contributed by atoms with E-state index in [0.717, 1.165) is 6.42 Å². The van der Waals surface area contributed by atoms with Crippen LogP contribution >= 0.6 is 0 Å². The average molecular weight is 181 g/mol. The highest BCUT2D eigenvalue weighted by Gasteiger charge is 1.86. The van der Waals surface area contributed by atoms with Crippen molar-refractivity contribution in [2.24, 2.45) is 0 Å². The third-order valence-corrected chi connectivity index (χ3v) is 1.23. The lowest BCUT2D eigenvalue weighted by Gasteiger charge is -1.92. The molecule has 0 aliphatic rings. The van der Waals surface area contributed by atoms with Crippen molar-refractivity contribution in [2.45, 2.75) is 47.5 Å². The molecule has 0 aliphatic heterocycles. The number of hydrogen-bond acceptors (Lipinski definition) is 1. The van der Waals surface area contributed by atoms with Crippen LogP contribution in [-0.4, -0.2) is 4.98 Å². The van der Waals surface area contributed by atoms with Crippen molar-refractivity contribution in [1.29, 1.82) is 0 Å². The molecular weight excluding hydrogens is 158 g/mol. The average Bonchev–Trinajstić information content (AvgIpc) is 2.26. The predicted molar refractivity (Wildman–Crippen MR) is 60.9 cm³/mol. The van der Waals surface area contributed by atoms with Crippen LogP contribution in [0.2, 0.25) is 0 Å². The van der Waals surface area contributed by atoms with Crippen LogP contribution in [0.5, 0.6) is 0 Å². The molecule has 1 heteroatoms. The van der Waals surface area contributed by atoms with Crippen LogP contribution in [-0.2, 0) is 6.42 Å². The molecule has 0 N–H and O–H groups in total. The molecule has 1 aromatic heterocycles. The molecule has 0 radical (unpaired) electrons. The van der Waals surface area contributed by atoms with Gasteiger partial charge in [0.1, 0.15) is 0 Å². The summed E-state index contributed by atoms with van der Waals surface area (Å²) in [6.45, 7) is 10.2. The van der Waals surface area contributed by atoms with E-state index < -0.39 is 0 Å². The minimum atomic E-state index is 1.10. The molecule has 1 nitrogen and oxygen atoms in total. The molecule has 0 amide bonds. The molecule has 0 aliphatic carbocycles. The number of aromatic nitrogens is 1. The fourth-order valence-corrected chi connectivity index (χ4v) is 0.802. The van der Waals surface area contributed by atoms with Crippen LogP contribution in [0.4, 0.5) is 0 Å². The minimum absolute atomic E-state index is 1.10. The minimum Gasteiger partial charge on any atom is -0.261 e. The zero-order valence-electron chi connectivity index (χ0n) is 9.67. The fourth-order valence-electron chi connectivity index (χ4n) is 0.802. The molecule has 0 atom stereocenters. The molecule has 0 saturated carbocycles. The first-order valence-electron chi connectivity index (χ1n) is 5.33. The van der Waals surface area contributed by atoms with Crippen LogP contribution in [0.15, 0.2) is 24.4 Å². The molecule has 0 bridgehead atoms. The van der Waals surface area contributed by atoms with Gasteiger partial charge in [-0.3, -0.25) is 4.98 Å². The van der Waals surface area contributed by atoms with E-state index in [1.807, 2.05) is 46.0 Å². The molecule has 76 valence electrons. The van der Waals surface area contributed by atoms with E-state index in [4.69, 9.17) is 0 Å². The Morgan fingerprint density at radius 2 is 1.69 bits per heavy atom. The van der Waals surface area contributed by atoms with Crippen molar-refractivity contribution < 1.29 is 0 Å². The normalized spacial score (nSPS) is 7.46. The number of hydrogen-bond donors (Lipinski definition) is 0. The Balaban J connectivity index is 0. The van der Waals surface area contributed by atoms with Crippen LogP contribution in [0.25, 0.3) is 0 Å². The Labute approximate surface area is 83.2 Å². The second-order valence-electron chi connectivity index (χ2n) is 2.07. The summed E-state index contributed by atoms with van der Waals surface area (Å²) < 4.78 is 0. The van der Waals surface area contributed by atoms with Gasteiger partial charge >= 0.3 is 0 Å². The Morgan fingerprint density at radius 3 is 2.08 bits per heavy atom. The van der Waals surface area contributed by atoms with Crippen LogP contribution < -0.4 is 0 Å². The van der Waals surface area contributed by atoms with E-state index in [1.165, 1.54) is 12.1 Å². The molecule has 1 aromatic rings. The van der Waals surface area contributed by atoms with E-state index in [9.17, 15) is 0 Å². The van der Waals surface area contributed by atoms with Gasteiger partial charge in [-0.25, -0.2) is 0 Å². The van der Waals surface area contributed by atoms with Gasteiger partial charge in [0.2, 0.25) is 0 Å². The van der Waals surface area contributed by atoms with Gasteiger partial charge in [0, 0.05) is 11.9 Å². The third kappa shape index (κ3) is 9.06. The lowest BCUT2D eigenvalue weighted by Crippen LogP contribution is -1.84. The lowest BCUT2D eigenvalue weighted by molar-refractivity contribution is 0.883. The molecular formula is C12H23N. The molecule has 0 unspecified atom stereocenters. The van der Waals surface area contributed by atoms with Gasteiger partial charge in [-0.2, -0.15) is 0 Å². The number of rotatable bonds is 2. The highest BCUT2D eigenvalue weighted by Crippen LogP contribution is 1.95. The zero-order chi connectivity index (χ0) is 10.5. The van der Waals surface area contributed by atoms with Crippen molar-refractivity contribution >= 4 is 0 Å². The maximum Gasteiger partial charge on any atom is 0.0403 e. The smallest absolute Gasteiger partial charge is 0.0403 e. The topological polar surface area (TPSA) is 12.9 Å². The summed E-state index contributed by atoms with van der Waals surface area (Å²) in [5.41, 5.74) is 1.19. The molecule has 13 heavy (non-hydrogen) atoms. The van der Waals surface area contributed by atoms with Crippen LogP contribution in [0.1, 0.15) is 46.7 Å². The molecule has 0 fully saturated rings. The first-order chi connectivity index (χ1) is 6.43. The highest BCUT2D eigenvalue weighted by atomic mass is 14.7. The van der Waals surface area contributed by atoms with Gasteiger partial charge in [0.05, 0.1) is 0 Å². The van der Waals surface area contributed by atoms with E-state index in [-0.39, 0.29) is 0 Å². The van der Waals surface area contributed by atoms with Gasteiger partial charge < -0.3 is 0 Å². The van der Waals surface area contributed by atoms with Gasteiger partial charge in [0.25, 0.3) is 0 Å². The summed E-state index contributed by atoms with van der Waals surface area (Å²) in [5, 5.41) is 0. The van der Waals surface area contributed by atoms with E-state index in [1.54, 1.807) is 0 Å². The Hall–Kier alpha value is -0.850. The number of aryl methyl sites for hydroxylation is 1. The SMILES string of the molecule is CC.CC.CCCc1ccccn1. The van der Waals surface area contributed by atoms with E-state index in [0.29, 0.717) is 0 Å². The van der Waals surface area contributed by atoms with Crippen molar-refractivity contribution in [3.8, 4) is 0 Å². The predicted octanol–water partition coefficient (Wildman–Crippen LogP) is 4.09. The van der Waals surface area contributed by atoms with Crippen molar-refractivity contribution in [3.63, 3.8) is 0 Å². The van der Waals surface area contributed by atoms with Crippen molar-refractivity contribution in [3.05, 3.63) is 30.1 Å². The van der Waals surface area contributed by atoms with E-state index >= 15 is 0 Å². The second kappa shape index (κ2) is 13.7. The Kier molecular flexibility index (Phi) is 15.5. The van der Waals surface area contributed by atoms with Gasteiger partial charge in [-0.15, -0.1) is 0 Å². The highest BCUT2D eigenvalue weighted by molar-refractivity contribution is 5.02. The van der Waals surface area contributed by atoms with E-state index in [2.05, 4.69) is 18.0 Å². The fraction of sp³-hybridized carbons (Fsp3) is 0.583. The summed E-state index contributed by atoms with van der Waals surface area (Å²) in [6.07, 6.45) is 4.11.